The quantitative estimate of drug-likeness (QED) is 0.674. The lowest BCUT2D eigenvalue weighted by molar-refractivity contribution is 0.281. The normalized spacial score (nSPS) is 14.6. The van der Waals surface area contributed by atoms with Crippen LogP contribution in [0.1, 0.15) is 20.8 Å². The van der Waals surface area contributed by atoms with E-state index < -0.39 is 0 Å². The fourth-order valence-corrected chi connectivity index (χ4v) is 0.859. The second-order valence-corrected chi connectivity index (χ2v) is 3.12. The molecule has 0 amide bonds. The van der Waals surface area contributed by atoms with Crippen molar-refractivity contribution in [2.24, 2.45) is 11.8 Å². The fourth-order valence-electron chi connectivity index (χ4n) is 0.292. The molecule has 0 aromatic rings. The maximum absolute atomic E-state index is 4.93. The molecular weight excluding hydrogens is 215 g/mol. The van der Waals surface area contributed by atoms with Crippen molar-refractivity contribution in [3.63, 3.8) is 0 Å². The van der Waals surface area contributed by atoms with E-state index in [4.69, 9.17) is 3.07 Å². The molecule has 8 heavy (non-hydrogen) atoms. The highest BCUT2D eigenvalue weighted by atomic mass is 127. The first-order valence-electron chi connectivity index (χ1n) is 2.92. The summed E-state index contributed by atoms with van der Waals surface area (Å²) in [5.41, 5.74) is 0. The lowest BCUT2D eigenvalue weighted by atomic mass is 10.00. The first kappa shape index (κ1) is 8.69. The average Bonchev–Trinajstić information content (AvgIpc) is 1.67. The van der Waals surface area contributed by atoms with E-state index >= 15 is 0 Å². The molecule has 0 N–H and O–H groups in total. The Morgan fingerprint density at radius 3 is 2.00 bits per heavy atom. The van der Waals surface area contributed by atoms with Crippen LogP contribution in [0.4, 0.5) is 0 Å². The predicted octanol–water partition coefficient (Wildman–Crippen LogP) is 2.65. The van der Waals surface area contributed by atoms with Crippen LogP contribution in [0, 0.1) is 11.8 Å². The monoisotopic (exact) mass is 228 g/mol. The maximum Gasteiger partial charge on any atom is 0.109 e. The molecule has 0 radical (unpaired) electrons. The van der Waals surface area contributed by atoms with Crippen molar-refractivity contribution in [1.29, 1.82) is 0 Å². The zero-order valence-corrected chi connectivity index (χ0v) is 7.81. The summed E-state index contributed by atoms with van der Waals surface area (Å²) in [7, 11) is 0. The molecule has 0 heterocycles. The average molecular weight is 228 g/mol. The molecule has 0 bridgehead atoms. The first-order valence-corrected chi connectivity index (χ1v) is 3.80. The summed E-state index contributed by atoms with van der Waals surface area (Å²) in [6, 6.07) is 0. The van der Waals surface area contributed by atoms with Gasteiger partial charge in [0.05, 0.1) is 6.61 Å². The second-order valence-electron chi connectivity index (χ2n) is 2.50. The van der Waals surface area contributed by atoms with Gasteiger partial charge in [-0.15, -0.1) is 0 Å². The van der Waals surface area contributed by atoms with Gasteiger partial charge in [0.2, 0.25) is 0 Å². The van der Waals surface area contributed by atoms with E-state index in [0.29, 0.717) is 5.92 Å². The second kappa shape index (κ2) is 4.56. The van der Waals surface area contributed by atoms with Crippen LogP contribution in [0.3, 0.4) is 0 Å². The zero-order chi connectivity index (χ0) is 6.57. The minimum atomic E-state index is 0.687. The molecule has 1 unspecified atom stereocenters. The van der Waals surface area contributed by atoms with Gasteiger partial charge >= 0.3 is 0 Å². The first-order chi connectivity index (χ1) is 3.68. The van der Waals surface area contributed by atoms with Crippen LogP contribution < -0.4 is 0 Å². The van der Waals surface area contributed by atoms with Gasteiger partial charge in [0, 0.05) is 0 Å². The van der Waals surface area contributed by atoms with E-state index in [-0.39, 0.29) is 0 Å². The van der Waals surface area contributed by atoms with E-state index in [1.807, 2.05) is 23.0 Å². The Labute approximate surface area is 65.5 Å². The van der Waals surface area contributed by atoms with E-state index in [9.17, 15) is 0 Å². The number of hydrogen-bond donors (Lipinski definition) is 0. The van der Waals surface area contributed by atoms with Crippen LogP contribution >= 0.6 is 23.0 Å². The molecule has 0 aliphatic carbocycles. The van der Waals surface area contributed by atoms with Crippen LogP contribution in [-0.4, -0.2) is 6.61 Å². The van der Waals surface area contributed by atoms with Gasteiger partial charge < -0.3 is 3.07 Å². The van der Waals surface area contributed by atoms with Gasteiger partial charge in [-0.2, -0.15) is 0 Å². The van der Waals surface area contributed by atoms with Crippen LogP contribution in [0.25, 0.3) is 0 Å². The van der Waals surface area contributed by atoms with E-state index in [1.165, 1.54) is 0 Å². The van der Waals surface area contributed by atoms with Gasteiger partial charge in [0.25, 0.3) is 0 Å². The molecule has 0 aromatic heterocycles. The van der Waals surface area contributed by atoms with E-state index in [1.54, 1.807) is 0 Å². The Kier molecular flexibility index (Phi) is 4.95. The predicted molar refractivity (Wildman–Crippen MR) is 44.0 cm³/mol. The lowest BCUT2D eigenvalue weighted by Gasteiger charge is -2.11. The Morgan fingerprint density at radius 1 is 1.38 bits per heavy atom. The van der Waals surface area contributed by atoms with E-state index in [2.05, 4.69) is 20.8 Å². The SMILES string of the molecule is CC(C)C(C)COI. The van der Waals surface area contributed by atoms with Crippen LogP contribution in [-0.2, 0) is 3.07 Å². The van der Waals surface area contributed by atoms with Crippen molar-refractivity contribution in [3.8, 4) is 0 Å². The Bertz CT molecular complexity index is 54.5. The largest absolute Gasteiger partial charge is 0.316 e. The maximum atomic E-state index is 4.93. The molecule has 0 aliphatic heterocycles. The van der Waals surface area contributed by atoms with Gasteiger partial charge in [-0.05, 0) is 11.8 Å². The van der Waals surface area contributed by atoms with Crippen molar-refractivity contribution < 1.29 is 3.07 Å². The topological polar surface area (TPSA) is 9.23 Å². The van der Waals surface area contributed by atoms with Crippen molar-refractivity contribution in [1.82, 2.24) is 0 Å². The summed E-state index contributed by atoms with van der Waals surface area (Å²) in [6.45, 7) is 7.49. The van der Waals surface area contributed by atoms with Crippen LogP contribution in [0.15, 0.2) is 0 Å². The van der Waals surface area contributed by atoms with Crippen molar-refractivity contribution in [2.75, 3.05) is 6.61 Å². The van der Waals surface area contributed by atoms with Crippen LogP contribution in [0.2, 0.25) is 0 Å². The standard InChI is InChI=1S/C6H13IO/c1-5(2)6(3)4-8-7/h5-6H,4H2,1-3H3. The third-order valence-electron chi connectivity index (χ3n) is 1.46. The highest BCUT2D eigenvalue weighted by Crippen LogP contribution is 2.10. The molecular formula is C6H13IO. The van der Waals surface area contributed by atoms with Crippen LogP contribution in [0.5, 0.6) is 0 Å². The molecule has 0 aliphatic rings. The van der Waals surface area contributed by atoms with Gasteiger partial charge in [-0.1, -0.05) is 20.8 Å². The number of hydrogen-bond acceptors (Lipinski definition) is 1. The summed E-state index contributed by atoms with van der Waals surface area (Å²) in [6.07, 6.45) is 0. The highest BCUT2D eigenvalue weighted by molar-refractivity contribution is 14.1. The highest BCUT2D eigenvalue weighted by Gasteiger charge is 2.04. The van der Waals surface area contributed by atoms with E-state index in [0.717, 1.165) is 12.5 Å². The van der Waals surface area contributed by atoms with Gasteiger partial charge in [-0.3, -0.25) is 0 Å². The molecule has 0 saturated carbocycles. The van der Waals surface area contributed by atoms with Crippen molar-refractivity contribution >= 4 is 23.0 Å². The van der Waals surface area contributed by atoms with Crippen molar-refractivity contribution in [3.05, 3.63) is 0 Å². The molecule has 0 saturated heterocycles. The third-order valence-corrected chi connectivity index (χ3v) is 1.82. The summed E-state index contributed by atoms with van der Waals surface area (Å²) >= 11 is 1.94. The molecule has 1 nitrogen and oxygen atoms in total. The van der Waals surface area contributed by atoms with Gasteiger partial charge in [-0.25, -0.2) is 0 Å². The van der Waals surface area contributed by atoms with Crippen molar-refractivity contribution in [2.45, 2.75) is 20.8 Å². The smallest absolute Gasteiger partial charge is 0.109 e. The minimum absolute atomic E-state index is 0.687. The Morgan fingerprint density at radius 2 is 1.88 bits per heavy atom. The Balaban J connectivity index is 3.17. The number of halogens is 1. The molecule has 0 spiro atoms. The molecule has 0 fully saturated rings. The summed E-state index contributed by atoms with van der Waals surface area (Å²) in [5.74, 6) is 1.43. The summed E-state index contributed by atoms with van der Waals surface area (Å²) in [4.78, 5) is 0. The molecule has 1 atom stereocenters. The minimum Gasteiger partial charge on any atom is -0.316 e. The van der Waals surface area contributed by atoms with Gasteiger partial charge in [0.1, 0.15) is 23.0 Å². The Hall–Kier alpha value is 0.690. The van der Waals surface area contributed by atoms with Gasteiger partial charge in [0.15, 0.2) is 0 Å². The molecule has 2 heteroatoms. The fraction of sp³-hybridized carbons (Fsp3) is 1.00. The zero-order valence-electron chi connectivity index (χ0n) is 5.65. The summed E-state index contributed by atoms with van der Waals surface area (Å²) in [5, 5.41) is 0. The third kappa shape index (κ3) is 3.66. The molecule has 0 rings (SSSR count). The summed E-state index contributed by atoms with van der Waals surface area (Å²) < 4.78 is 4.93. The molecule has 50 valence electrons. The molecule has 0 aromatic carbocycles. The lowest BCUT2D eigenvalue weighted by Crippen LogP contribution is -2.08. The number of rotatable bonds is 3.